The number of hydrogen-bond donors (Lipinski definition) is 1. The molecule has 0 radical (unpaired) electrons. The van der Waals surface area contributed by atoms with Crippen molar-refractivity contribution in [3.63, 3.8) is 0 Å². The van der Waals surface area contributed by atoms with Gasteiger partial charge in [-0.2, -0.15) is 0 Å². The molecule has 1 N–H and O–H groups in total. The molecule has 122 valence electrons. The molecule has 0 aliphatic rings. The Kier molecular flexibility index (Phi) is 2.64. The van der Waals surface area contributed by atoms with E-state index in [1.54, 1.807) is 0 Å². The molecule has 0 saturated heterocycles. The lowest BCUT2D eigenvalue weighted by atomic mass is 10.0. The predicted molar refractivity (Wildman–Crippen MR) is 109 cm³/mol. The largest absolute Gasteiger partial charge is 0.454 e. The molecule has 6 aromatic rings. The molecule has 0 amide bonds. The van der Waals surface area contributed by atoms with Crippen LogP contribution < -0.4 is 0 Å². The number of hydrogen-bond acceptors (Lipinski definition) is 1. The monoisotopic (exact) mass is 333 g/mol. The zero-order chi connectivity index (χ0) is 17.1. The lowest BCUT2D eigenvalue weighted by molar-refractivity contribution is 0.673. The van der Waals surface area contributed by atoms with Crippen LogP contribution in [0.2, 0.25) is 0 Å². The molecule has 0 saturated carbocycles. The van der Waals surface area contributed by atoms with E-state index in [4.69, 9.17) is 4.42 Å². The summed E-state index contributed by atoms with van der Waals surface area (Å²) in [6, 6.07) is 29.6. The van der Waals surface area contributed by atoms with E-state index in [2.05, 4.69) is 83.8 Å². The molecule has 0 bridgehead atoms. The lowest BCUT2D eigenvalue weighted by Crippen LogP contribution is -1.77. The Labute approximate surface area is 149 Å². The summed E-state index contributed by atoms with van der Waals surface area (Å²) in [7, 11) is 0. The van der Waals surface area contributed by atoms with Crippen molar-refractivity contribution in [2.45, 2.75) is 0 Å². The van der Waals surface area contributed by atoms with Crippen LogP contribution in [-0.4, -0.2) is 4.98 Å². The summed E-state index contributed by atoms with van der Waals surface area (Å²) >= 11 is 0. The summed E-state index contributed by atoms with van der Waals surface area (Å²) in [6.45, 7) is 0. The SMILES string of the molecule is c1ccc(-c2ccc3oc4c([nH]c5ccc6ccccc6c54)c3c2)cc1. The third-order valence-electron chi connectivity index (χ3n) is 5.21. The number of fused-ring (bicyclic) bond motifs is 7. The third kappa shape index (κ3) is 1.81. The Morgan fingerprint density at radius 1 is 0.654 bits per heavy atom. The van der Waals surface area contributed by atoms with Gasteiger partial charge in [0.05, 0.1) is 16.4 Å². The summed E-state index contributed by atoms with van der Waals surface area (Å²) in [5.41, 5.74) is 6.46. The van der Waals surface area contributed by atoms with E-state index >= 15 is 0 Å². The van der Waals surface area contributed by atoms with Crippen LogP contribution >= 0.6 is 0 Å². The van der Waals surface area contributed by atoms with Gasteiger partial charge in [-0.15, -0.1) is 0 Å². The van der Waals surface area contributed by atoms with E-state index in [9.17, 15) is 0 Å². The number of aromatic amines is 1. The van der Waals surface area contributed by atoms with Crippen molar-refractivity contribution >= 4 is 43.7 Å². The van der Waals surface area contributed by atoms with Gasteiger partial charge in [0.2, 0.25) is 0 Å². The van der Waals surface area contributed by atoms with Gasteiger partial charge < -0.3 is 9.40 Å². The maximum Gasteiger partial charge on any atom is 0.161 e. The minimum absolute atomic E-state index is 0.917. The highest BCUT2D eigenvalue weighted by molar-refractivity contribution is 6.23. The predicted octanol–water partition coefficient (Wildman–Crippen LogP) is 6.89. The number of rotatable bonds is 1. The van der Waals surface area contributed by atoms with E-state index in [1.807, 2.05) is 6.07 Å². The fourth-order valence-electron chi connectivity index (χ4n) is 3.96. The van der Waals surface area contributed by atoms with Gasteiger partial charge in [-0.25, -0.2) is 0 Å². The van der Waals surface area contributed by atoms with Crippen LogP contribution in [0, 0.1) is 0 Å². The molecule has 0 spiro atoms. The second kappa shape index (κ2) is 4.99. The highest BCUT2D eigenvalue weighted by Gasteiger charge is 2.15. The molecular weight excluding hydrogens is 318 g/mol. The molecule has 6 rings (SSSR count). The molecule has 4 aromatic carbocycles. The van der Waals surface area contributed by atoms with Gasteiger partial charge in [0.15, 0.2) is 5.58 Å². The van der Waals surface area contributed by atoms with E-state index < -0.39 is 0 Å². The number of H-pyrrole nitrogens is 1. The Bertz CT molecular complexity index is 1420. The van der Waals surface area contributed by atoms with Gasteiger partial charge in [0.1, 0.15) is 5.58 Å². The van der Waals surface area contributed by atoms with Crippen LogP contribution in [0.25, 0.3) is 54.9 Å². The van der Waals surface area contributed by atoms with Gasteiger partial charge in [-0.1, -0.05) is 66.7 Å². The van der Waals surface area contributed by atoms with Crippen LogP contribution in [0.4, 0.5) is 0 Å². The number of benzene rings is 4. The summed E-state index contributed by atoms with van der Waals surface area (Å²) in [5.74, 6) is 0. The Balaban J connectivity index is 1.73. The second-order valence-electron chi connectivity index (χ2n) is 6.72. The van der Waals surface area contributed by atoms with Gasteiger partial charge >= 0.3 is 0 Å². The first-order chi connectivity index (χ1) is 12.9. The minimum atomic E-state index is 0.917. The molecule has 0 aliphatic heterocycles. The molecular formula is C24H15NO. The first kappa shape index (κ1) is 13.7. The minimum Gasteiger partial charge on any atom is -0.454 e. The van der Waals surface area contributed by atoms with Crippen molar-refractivity contribution < 1.29 is 4.42 Å². The van der Waals surface area contributed by atoms with Gasteiger partial charge in [-0.3, -0.25) is 0 Å². The van der Waals surface area contributed by atoms with E-state index in [1.165, 1.54) is 21.9 Å². The molecule has 2 heteroatoms. The highest BCUT2D eigenvalue weighted by atomic mass is 16.3. The Morgan fingerprint density at radius 3 is 2.42 bits per heavy atom. The van der Waals surface area contributed by atoms with Crippen molar-refractivity contribution in [3.8, 4) is 11.1 Å². The standard InChI is InChI=1S/C24H15NO/c1-2-6-15(7-3-1)17-11-13-21-19(14-17)23-24(26-21)22-18-9-5-4-8-16(18)10-12-20(22)25-23/h1-14,25H. The molecule has 0 aliphatic carbocycles. The first-order valence-corrected chi connectivity index (χ1v) is 8.79. The third-order valence-corrected chi connectivity index (χ3v) is 5.21. The number of aromatic nitrogens is 1. The van der Waals surface area contributed by atoms with Crippen LogP contribution in [-0.2, 0) is 0 Å². The Hall–Kier alpha value is -3.52. The molecule has 0 unspecified atom stereocenters. The van der Waals surface area contributed by atoms with Gasteiger partial charge in [0, 0.05) is 5.39 Å². The molecule has 2 aromatic heterocycles. The Morgan fingerprint density at radius 2 is 1.50 bits per heavy atom. The molecule has 26 heavy (non-hydrogen) atoms. The maximum atomic E-state index is 6.27. The zero-order valence-electron chi connectivity index (χ0n) is 14.0. The van der Waals surface area contributed by atoms with E-state index in [0.29, 0.717) is 0 Å². The molecule has 2 nitrogen and oxygen atoms in total. The van der Waals surface area contributed by atoms with Crippen LogP contribution in [0.3, 0.4) is 0 Å². The van der Waals surface area contributed by atoms with Crippen molar-refractivity contribution in [2.24, 2.45) is 0 Å². The second-order valence-corrected chi connectivity index (χ2v) is 6.72. The molecule has 2 heterocycles. The van der Waals surface area contributed by atoms with Crippen molar-refractivity contribution in [1.29, 1.82) is 0 Å². The number of furan rings is 1. The van der Waals surface area contributed by atoms with Crippen LogP contribution in [0.5, 0.6) is 0 Å². The fraction of sp³-hybridized carbons (Fsp3) is 0. The van der Waals surface area contributed by atoms with Crippen molar-refractivity contribution in [2.75, 3.05) is 0 Å². The summed E-state index contributed by atoms with van der Waals surface area (Å²) in [6.07, 6.45) is 0. The van der Waals surface area contributed by atoms with Crippen molar-refractivity contribution in [3.05, 3.63) is 84.9 Å². The normalized spacial score (nSPS) is 11.8. The fourth-order valence-corrected chi connectivity index (χ4v) is 3.96. The van der Waals surface area contributed by atoms with Crippen LogP contribution in [0.15, 0.2) is 89.3 Å². The topological polar surface area (TPSA) is 28.9 Å². The summed E-state index contributed by atoms with van der Waals surface area (Å²) < 4.78 is 6.27. The lowest BCUT2D eigenvalue weighted by Gasteiger charge is -2.01. The summed E-state index contributed by atoms with van der Waals surface area (Å²) in [4.78, 5) is 3.58. The average molecular weight is 333 g/mol. The smallest absolute Gasteiger partial charge is 0.161 e. The number of nitrogens with one attached hydrogen (secondary N) is 1. The molecule has 0 atom stereocenters. The van der Waals surface area contributed by atoms with Gasteiger partial charge in [-0.05, 0) is 40.1 Å². The first-order valence-electron chi connectivity index (χ1n) is 8.79. The molecule has 0 fully saturated rings. The van der Waals surface area contributed by atoms with Gasteiger partial charge in [0.25, 0.3) is 0 Å². The highest BCUT2D eigenvalue weighted by Crippen LogP contribution is 2.38. The van der Waals surface area contributed by atoms with E-state index in [0.717, 1.165) is 33.0 Å². The van der Waals surface area contributed by atoms with Crippen LogP contribution in [0.1, 0.15) is 0 Å². The maximum absolute atomic E-state index is 6.27. The zero-order valence-corrected chi connectivity index (χ0v) is 14.0. The van der Waals surface area contributed by atoms with Crippen molar-refractivity contribution in [1.82, 2.24) is 4.98 Å². The average Bonchev–Trinajstić information content (AvgIpc) is 3.24. The summed E-state index contributed by atoms with van der Waals surface area (Å²) in [5, 5.41) is 4.74. The van der Waals surface area contributed by atoms with E-state index in [-0.39, 0.29) is 0 Å². The quantitative estimate of drug-likeness (QED) is 0.349.